The molecule has 26 heavy (non-hydrogen) atoms. The second kappa shape index (κ2) is 10.6. The number of rotatable bonds is 8. The van der Waals surface area contributed by atoms with Gasteiger partial charge >= 0.3 is 5.97 Å². The topological polar surface area (TPSA) is 67.4 Å². The van der Waals surface area contributed by atoms with Crippen LogP contribution < -0.4 is 10.6 Å². The molecule has 1 aliphatic heterocycles. The molecule has 2 rings (SSSR count). The Balaban J connectivity index is 1.99. The van der Waals surface area contributed by atoms with Crippen LogP contribution in [0.5, 0.6) is 0 Å². The molecule has 2 N–H and O–H groups in total. The molecule has 1 aliphatic rings. The van der Waals surface area contributed by atoms with Gasteiger partial charge in [0.1, 0.15) is 0 Å². The zero-order chi connectivity index (χ0) is 18.9. The van der Waals surface area contributed by atoms with E-state index in [4.69, 9.17) is 4.74 Å². The van der Waals surface area contributed by atoms with Crippen molar-refractivity contribution in [3.8, 4) is 0 Å². The summed E-state index contributed by atoms with van der Waals surface area (Å²) in [5, 5.41) is 6.40. The van der Waals surface area contributed by atoms with Crippen molar-refractivity contribution in [1.82, 2.24) is 10.6 Å². The van der Waals surface area contributed by atoms with Gasteiger partial charge in [-0.25, -0.2) is 0 Å². The molecule has 1 saturated heterocycles. The van der Waals surface area contributed by atoms with E-state index < -0.39 is 0 Å². The third-order valence-corrected chi connectivity index (χ3v) is 5.89. The van der Waals surface area contributed by atoms with Gasteiger partial charge in [-0.2, -0.15) is 0 Å². The van der Waals surface area contributed by atoms with Gasteiger partial charge < -0.3 is 15.4 Å². The van der Waals surface area contributed by atoms with Gasteiger partial charge in [0, 0.05) is 11.3 Å². The molecule has 0 radical (unpaired) electrons. The maximum atomic E-state index is 12.6. The van der Waals surface area contributed by atoms with Gasteiger partial charge in [-0.15, -0.1) is 11.8 Å². The van der Waals surface area contributed by atoms with Crippen LogP contribution in [-0.2, 0) is 14.3 Å². The summed E-state index contributed by atoms with van der Waals surface area (Å²) in [4.78, 5) is 25.5. The Bertz CT molecular complexity index is 585. The number of methoxy groups -OCH3 is 1. The predicted octanol–water partition coefficient (Wildman–Crippen LogP) is 3.15. The number of ether oxygens (including phenoxy) is 1. The molecule has 144 valence electrons. The highest BCUT2D eigenvalue weighted by Gasteiger charge is 2.24. The van der Waals surface area contributed by atoms with Gasteiger partial charge in [-0.3, -0.25) is 9.59 Å². The number of esters is 1. The van der Waals surface area contributed by atoms with E-state index in [0.717, 1.165) is 36.4 Å². The molecule has 1 aromatic carbocycles. The summed E-state index contributed by atoms with van der Waals surface area (Å²) in [7, 11) is 1.37. The number of hydrogen-bond donors (Lipinski definition) is 2. The Morgan fingerprint density at radius 3 is 2.46 bits per heavy atom. The van der Waals surface area contributed by atoms with E-state index in [1.165, 1.54) is 7.11 Å². The van der Waals surface area contributed by atoms with E-state index in [2.05, 4.69) is 17.6 Å². The summed E-state index contributed by atoms with van der Waals surface area (Å²) >= 11 is 1.66. The molecule has 1 heterocycles. The molecule has 1 aromatic rings. The fraction of sp³-hybridized carbons (Fsp3) is 0.600. The maximum Gasteiger partial charge on any atom is 0.307 e. The van der Waals surface area contributed by atoms with E-state index in [9.17, 15) is 9.59 Å². The van der Waals surface area contributed by atoms with Crippen molar-refractivity contribution in [2.24, 2.45) is 11.8 Å². The van der Waals surface area contributed by atoms with Gasteiger partial charge in [0.2, 0.25) is 5.91 Å². The summed E-state index contributed by atoms with van der Waals surface area (Å²) in [5.41, 5.74) is 0.927. The number of amides is 1. The van der Waals surface area contributed by atoms with Crippen LogP contribution in [0.2, 0.25) is 0 Å². The standard InChI is InChI=1S/C20H30N2O3S/c1-14(15-8-10-21-11-9-15)12-19(23)22-18(13-20(24)25-2)16-4-6-17(26-3)7-5-16/h4-7,14-15,18,21H,8-13H2,1-3H3,(H,22,23). The van der Waals surface area contributed by atoms with Crippen molar-refractivity contribution < 1.29 is 14.3 Å². The number of benzene rings is 1. The number of carbonyl (C=O) groups is 2. The molecule has 1 fully saturated rings. The third kappa shape index (κ3) is 6.32. The molecule has 1 amide bonds. The quantitative estimate of drug-likeness (QED) is 0.537. The summed E-state index contributed by atoms with van der Waals surface area (Å²) in [6, 6.07) is 7.60. The van der Waals surface area contributed by atoms with Gasteiger partial charge in [0.25, 0.3) is 0 Å². The Morgan fingerprint density at radius 1 is 1.23 bits per heavy atom. The molecule has 0 aromatic heterocycles. The fourth-order valence-corrected chi connectivity index (χ4v) is 3.87. The Kier molecular flexibility index (Phi) is 8.45. The van der Waals surface area contributed by atoms with Crippen LogP contribution >= 0.6 is 11.8 Å². The lowest BCUT2D eigenvalue weighted by atomic mass is 9.84. The van der Waals surface area contributed by atoms with Crippen LogP contribution in [0.25, 0.3) is 0 Å². The highest BCUT2D eigenvalue weighted by atomic mass is 32.2. The monoisotopic (exact) mass is 378 g/mol. The minimum Gasteiger partial charge on any atom is -0.469 e. The third-order valence-electron chi connectivity index (χ3n) is 5.15. The van der Waals surface area contributed by atoms with Crippen LogP contribution in [-0.4, -0.2) is 38.3 Å². The van der Waals surface area contributed by atoms with Crippen LogP contribution in [0.3, 0.4) is 0 Å². The molecule has 6 heteroatoms. The Morgan fingerprint density at radius 2 is 1.88 bits per heavy atom. The lowest BCUT2D eigenvalue weighted by Crippen LogP contribution is -2.35. The van der Waals surface area contributed by atoms with Gasteiger partial charge in [-0.05, 0) is 61.7 Å². The van der Waals surface area contributed by atoms with Crippen LogP contribution in [0.4, 0.5) is 0 Å². The van der Waals surface area contributed by atoms with Crippen LogP contribution in [0, 0.1) is 11.8 Å². The van der Waals surface area contributed by atoms with Crippen molar-refractivity contribution in [1.29, 1.82) is 0 Å². The maximum absolute atomic E-state index is 12.6. The highest BCUT2D eigenvalue weighted by Crippen LogP contribution is 2.26. The largest absolute Gasteiger partial charge is 0.469 e. The van der Waals surface area contributed by atoms with E-state index >= 15 is 0 Å². The van der Waals surface area contributed by atoms with Crippen LogP contribution in [0.15, 0.2) is 29.2 Å². The number of piperidine rings is 1. The van der Waals surface area contributed by atoms with E-state index in [-0.39, 0.29) is 24.3 Å². The van der Waals surface area contributed by atoms with Gasteiger partial charge in [0.15, 0.2) is 0 Å². The average molecular weight is 379 g/mol. The first-order valence-corrected chi connectivity index (χ1v) is 10.5. The van der Waals surface area contributed by atoms with Crippen LogP contribution in [0.1, 0.15) is 44.2 Å². The van der Waals surface area contributed by atoms with Crippen molar-refractivity contribution in [2.75, 3.05) is 26.5 Å². The zero-order valence-electron chi connectivity index (χ0n) is 15.9. The molecule has 0 saturated carbocycles. The highest BCUT2D eigenvalue weighted by molar-refractivity contribution is 7.98. The molecule has 5 nitrogen and oxygen atoms in total. The molecule has 2 unspecified atom stereocenters. The second-order valence-electron chi connectivity index (χ2n) is 6.94. The lowest BCUT2D eigenvalue weighted by molar-refractivity contribution is -0.141. The summed E-state index contributed by atoms with van der Waals surface area (Å²) < 4.78 is 4.80. The van der Waals surface area contributed by atoms with Gasteiger partial charge in [0.05, 0.1) is 19.6 Å². The van der Waals surface area contributed by atoms with Gasteiger partial charge in [-0.1, -0.05) is 19.1 Å². The average Bonchev–Trinajstić information content (AvgIpc) is 2.68. The smallest absolute Gasteiger partial charge is 0.307 e. The van der Waals surface area contributed by atoms with E-state index in [0.29, 0.717) is 18.3 Å². The number of thioether (sulfide) groups is 1. The summed E-state index contributed by atoms with van der Waals surface area (Å²) in [6.07, 6.45) is 4.89. The Hall–Kier alpha value is -1.53. The number of hydrogen-bond acceptors (Lipinski definition) is 5. The molecular formula is C20H30N2O3S. The van der Waals surface area contributed by atoms with Crippen molar-refractivity contribution in [3.63, 3.8) is 0 Å². The molecule has 0 spiro atoms. The van der Waals surface area contributed by atoms with E-state index in [1.807, 2.05) is 30.5 Å². The fourth-order valence-electron chi connectivity index (χ4n) is 3.46. The van der Waals surface area contributed by atoms with Crippen molar-refractivity contribution >= 4 is 23.6 Å². The zero-order valence-corrected chi connectivity index (χ0v) is 16.7. The summed E-state index contributed by atoms with van der Waals surface area (Å²) in [6.45, 7) is 4.21. The number of nitrogens with one attached hydrogen (secondary N) is 2. The molecule has 0 aliphatic carbocycles. The van der Waals surface area contributed by atoms with Crippen molar-refractivity contribution in [3.05, 3.63) is 29.8 Å². The lowest BCUT2D eigenvalue weighted by Gasteiger charge is -2.28. The van der Waals surface area contributed by atoms with Crippen molar-refractivity contribution in [2.45, 2.75) is 43.5 Å². The second-order valence-corrected chi connectivity index (χ2v) is 7.82. The molecule has 2 atom stereocenters. The minimum atomic E-state index is -0.355. The predicted molar refractivity (Wildman–Crippen MR) is 105 cm³/mol. The first kappa shape index (κ1) is 20.8. The minimum absolute atomic E-state index is 0.00104. The molecular weight excluding hydrogens is 348 g/mol. The SMILES string of the molecule is COC(=O)CC(NC(=O)CC(C)C1CCNCC1)c1ccc(SC)cc1. The van der Waals surface area contributed by atoms with E-state index in [1.54, 1.807) is 11.8 Å². The number of carbonyl (C=O) groups excluding carboxylic acids is 2. The first-order chi connectivity index (χ1) is 12.5. The summed E-state index contributed by atoms with van der Waals surface area (Å²) in [5.74, 6) is 0.603. The normalized spacial score (nSPS) is 17.3. The molecule has 0 bridgehead atoms. The first-order valence-electron chi connectivity index (χ1n) is 9.24. The Labute approximate surface area is 160 Å².